The van der Waals surface area contributed by atoms with Crippen LogP contribution in [0.4, 0.5) is 5.69 Å². The molecule has 5 rings (SSSR count). The molecule has 0 radical (unpaired) electrons. The number of carboxylic acids is 1. The summed E-state index contributed by atoms with van der Waals surface area (Å²) < 4.78 is 3.73. The lowest BCUT2D eigenvalue weighted by Crippen LogP contribution is -2.63. The average Bonchev–Trinajstić information content (AvgIpc) is 3.45. The second-order valence-corrected chi connectivity index (χ2v) is 10.8. The topological polar surface area (TPSA) is 135 Å². The zero-order chi connectivity index (χ0) is 25.9. The maximum Gasteiger partial charge on any atom is 0.352 e. The number of carbonyl (C=O) groups is 3. The van der Waals surface area contributed by atoms with Gasteiger partial charge in [-0.15, -0.1) is 0 Å². The van der Waals surface area contributed by atoms with Gasteiger partial charge in [-0.05, 0) is 37.4 Å². The number of anilines is 1. The number of imidazole rings is 1. The molecule has 12 heteroatoms. The van der Waals surface area contributed by atoms with Crippen molar-refractivity contribution in [2.24, 2.45) is 11.8 Å². The summed E-state index contributed by atoms with van der Waals surface area (Å²) in [5.41, 5.74) is 3.61. The van der Waals surface area contributed by atoms with Crippen LogP contribution in [-0.4, -0.2) is 60.8 Å². The van der Waals surface area contributed by atoms with Gasteiger partial charge in [0, 0.05) is 17.1 Å². The highest BCUT2D eigenvalue weighted by Gasteiger charge is 2.60. The number of thiazole rings is 1. The summed E-state index contributed by atoms with van der Waals surface area (Å²) in [6.45, 7) is 3.57. The van der Waals surface area contributed by atoms with E-state index >= 15 is 0 Å². The molecule has 0 unspecified atom stereocenters. The number of nitrogens with zero attached hydrogens (tertiary/aromatic N) is 3. The van der Waals surface area contributed by atoms with E-state index in [0.29, 0.717) is 16.8 Å². The third-order valence-corrected chi connectivity index (χ3v) is 8.97. The summed E-state index contributed by atoms with van der Waals surface area (Å²) in [4.78, 5) is 40.6. The molecule has 1 aromatic carbocycles. The quantitative estimate of drug-likeness (QED) is 0.115. The van der Waals surface area contributed by atoms with Crippen molar-refractivity contribution in [3.05, 3.63) is 52.9 Å². The zero-order valence-corrected chi connectivity index (χ0v) is 21.3. The number of nitrogens with one attached hydrogen (secondary N) is 1. The lowest BCUT2D eigenvalue weighted by Gasteiger charge is -2.46. The number of aliphatic hydroxyl groups is 1. The first-order valence-corrected chi connectivity index (χ1v) is 13.3. The third kappa shape index (κ3) is 3.63. The van der Waals surface area contributed by atoms with Crippen molar-refractivity contribution in [1.82, 2.24) is 9.30 Å². The summed E-state index contributed by atoms with van der Waals surface area (Å²) in [5.74, 6) is -2.48. The minimum absolute atomic E-state index is 0.0199. The van der Waals surface area contributed by atoms with Crippen molar-refractivity contribution < 1.29 is 34.4 Å². The first-order chi connectivity index (χ1) is 17.2. The van der Waals surface area contributed by atoms with Gasteiger partial charge in [0.05, 0.1) is 28.6 Å². The van der Waals surface area contributed by atoms with Crippen LogP contribution >= 0.6 is 23.1 Å². The van der Waals surface area contributed by atoms with Gasteiger partial charge in [0.15, 0.2) is 6.54 Å². The number of rotatable bonds is 8. The number of β-lactam (4-membered cyclic amide) rings is 1. The zero-order valence-electron chi connectivity index (χ0n) is 19.7. The van der Waals surface area contributed by atoms with Crippen LogP contribution in [0.3, 0.4) is 0 Å². The Bertz CT molecular complexity index is 1420. The predicted octanol–water partition coefficient (Wildman–Crippen LogP) is 2.35. The molecule has 0 spiro atoms. The number of hydrogen-bond acceptors (Lipinski definition) is 8. The number of aliphatic hydroxyl groups excluding tert-OH is 1. The molecule has 1 saturated heterocycles. The highest BCUT2D eigenvalue weighted by molar-refractivity contribution is 7.98. The van der Waals surface area contributed by atoms with Crippen molar-refractivity contribution in [1.29, 1.82) is 0 Å². The minimum Gasteiger partial charge on any atom is -0.477 e. The predicted molar refractivity (Wildman–Crippen MR) is 133 cm³/mol. The number of amides is 1. The van der Waals surface area contributed by atoms with E-state index in [1.54, 1.807) is 31.2 Å². The fourth-order valence-electron chi connectivity index (χ4n) is 5.25. The van der Waals surface area contributed by atoms with E-state index in [-0.39, 0.29) is 35.9 Å². The SMILES string of the molecule is CSc1c2sc(C3=C(C(=O)O)N4C(=O)[C@H]([C@@H](C)O)[C@H]4[C@H]3C)cn2c[n+]1CC(=O)c1ccc(NO)cc1. The summed E-state index contributed by atoms with van der Waals surface area (Å²) in [6.07, 6.45) is 4.70. The van der Waals surface area contributed by atoms with Gasteiger partial charge in [0.25, 0.3) is 6.33 Å². The normalized spacial score (nSPS) is 22.1. The number of benzene rings is 1. The van der Waals surface area contributed by atoms with Crippen LogP contribution < -0.4 is 10.0 Å². The van der Waals surface area contributed by atoms with E-state index in [9.17, 15) is 24.6 Å². The fraction of sp³-hybridized carbons (Fsp3) is 0.333. The Labute approximate surface area is 214 Å². The highest BCUT2D eigenvalue weighted by atomic mass is 32.2. The molecule has 36 heavy (non-hydrogen) atoms. The van der Waals surface area contributed by atoms with E-state index in [4.69, 9.17) is 5.21 Å². The van der Waals surface area contributed by atoms with E-state index in [1.165, 1.54) is 28.0 Å². The Hall–Kier alpha value is -3.19. The molecule has 0 saturated carbocycles. The molecule has 3 aromatic rings. The molecule has 0 bridgehead atoms. The smallest absolute Gasteiger partial charge is 0.352 e. The number of hydrogen-bond donors (Lipinski definition) is 4. The maximum absolute atomic E-state index is 12.9. The number of aromatic nitrogens is 2. The van der Waals surface area contributed by atoms with E-state index in [0.717, 1.165) is 14.7 Å². The van der Waals surface area contributed by atoms with Gasteiger partial charge >= 0.3 is 5.97 Å². The molecule has 188 valence electrons. The summed E-state index contributed by atoms with van der Waals surface area (Å²) in [7, 11) is 0. The Morgan fingerprint density at radius 1 is 1.28 bits per heavy atom. The van der Waals surface area contributed by atoms with Crippen molar-refractivity contribution in [2.45, 2.75) is 37.6 Å². The number of ketones is 1. The van der Waals surface area contributed by atoms with Crippen molar-refractivity contribution in [3.63, 3.8) is 0 Å². The first-order valence-electron chi connectivity index (χ1n) is 11.3. The van der Waals surface area contributed by atoms with E-state index in [2.05, 4.69) is 0 Å². The van der Waals surface area contributed by atoms with Crippen LogP contribution in [0.15, 0.2) is 47.5 Å². The third-order valence-electron chi connectivity index (χ3n) is 6.89. The standard InChI is InChI=1S/C24H24N4O6S2/c1-11-17(20(24(32)33)28-19(11)18(12(2)29)21(28)31)16-9-27-10-26(22(35-3)23(27)36-16)8-15(30)13-4-6-14(25-34)7-5-13/h4-7,9-12,18-19,29H,8H2,1-3H3,(H2-,25,30,32,33,34)/p+1/t11-,12+,18+,19+/m0/s1. The van der Waals surface area contributed by atoms with Gasteiger partial charge in [-0.3, -0.25) is 20.3 Å². The van der Waals surface area contributed by atoms with Crippen LogP contribution in [0, 0.1) is 11.8 Å². The number of carboxylic acid groups (broad SMARTS) is 1. The van der Waals surface area contributed by atoms with Crippen LogP contribution in [0.1, 0.15) is 29.1 Å². The largest absolute Gasteiger partial charge is 0.477 e. The molecular formula is C24H25N4O6S2+. The Kier molecular flexibility index (Phi) is 6.15. The van der Waals surface area contributed by atoms with E-state index in [1.807, 2.05) is 40.2 Å². The average molecular weight is 530 g/mol. The second kappa shape index (κ2) is 9.04. The monoisotopic (exact) mass is 529 g/mol. The number of fused-ring (bicyclic) bond motifs is 2. The van der Waals surface area contributed by atoms with Crippen molar-refractivity contribution in [3.8, 4) is 0 Å². The van der Waals surface area contributed by atoms with Gasteiger partial charge in [-0.1, -0.05) is 30.0 Å². The number of aliphatic carboxylic acids is 1. The second-order valence-electron chi connectivity index (χ2n) is 8.99. The molecule has 4 N–H and O–H groups in total. The van der Waals surface area contributed by atoms with Gasteiger partial charge in [0.1, 0.15) is 11.9 Å². The maximum atomic E-state index is 12.9. The fourth-order valence-corrected chi connectivity index (χ4v) is 7.42. The molecule has 0 aliphatic carbocycles. The molecule has 10 nitrogen and oxygen atoms in total. The first kappa shape index (κ1) is 24.5. The van der Waals surface area contributed by atoms with Crippen LogP contribution in [0.25, 0.3) is 10.4 Å². The van der Waals surface area contributed by atoms with Crippen LogP contribution in [0.2, 0.25) is 0 Å². The molecule has 2 aliphatic rings. The lowest BCUT2D eigenvalue weighted by atomic mass is 9.77. The molecule has 1 amide bonds. The Morgan fingerprint density at radius 2 is 1.97 bits per heavy atom. The van der Waals surface area contributed by atoms with Crippen molar-refractivity contribution in [2.75, 3.05) is 11.7 Å². The molecule has 4 heterocycles. The van der Waals surface area contributed by atoms with Crippen molar-refractivity contribution >= 4 is 56.8 Å². The minimum atomic E-state index is -1.16. The Morgan fingerprint density at radius 3 is 2.56 bits per heavy atom. The van der Waals surface area contributed by atoms with Gasteiger partial charge in [-0.2, -0.15) is 4.40 Å². The van der Waals surface area contributed by atoms with Gasteiger partial charge in [0.2, 0.25) is 21.5 Å². The summed E-state index contributed by atoms with van der Waals surface area (Å²) in [5, 5.41) is 29.9. The Balaban J connectivity index is 1.49. The molecule has 2 aliphatic heterocycles. The summed E-state index contributed by atoms with van der Waals surface area (Å²) >= 11 is 2.90. The van der Waals surface area contributed by atoms with Gasteiger partial charge in [-0.25, -0.2) is 9.36 Å². The lowest BCUT2D eigenvalue weighted by molar-refractivity contribution is -0.716. The molecular weight excluding hydrogens is 504 g/mol. The molecule has 1 fully saturated rings. The highest BCUT2D eigenvalue weighted by Crippen LogP contribution is 2.51. The van der Waals surface area contributed by atoms with Crippen LogP contribution in [-0.2, 0) is 16.1 Å². The van der Waals surface area contributed by atoms with E-state index < -0.39 is 18.0 Å². The number of Topliss-reactive ketones (excluding diaryl/α,β-unsaturated/α-hetero) is 1. The molecule has 2 aromatic heterocycles. The number of thioether (sulfide) groups is 1. The summed E-state index contributed by atoms with van der Waals surface area (Å²) in [6, 6.07) is 6.14. The molecule has 4 atom stereocenters. The van der Waals surface area contributed by atoms with Crippen LogP contribution in [0.5, 0.6) is 0 Å². The number of carbonyl (C=O) groups excluding carboxylic acids is 2. The van der Waals surface area contributed by atoms with Gasteiger partial charge < -0.3 is 15.1 Å².